The molecule has 0 spiro atoms. The Morgan fingerprint density at radius 1 is 1.55 bits per heavy atom. The van der Waals surface area contributed by atoms with E-state index in [2.05, 4.69) is 6.92 Å². The Hall–Kier alpha value is 0.110. The van der Waals surface area contributed by atoms with E-state index in [9.17, 15) is 4.21 Å². The number of unbranched alkanes of at least 4 members (excludes halogenated alkanes) is 1. The van der Waals surface area contributed by atoms with E-state index < -0.39 is 10.8 Å². The topological polar surface area (TPSA) is 43.1 Å². The highest BCUT2D eigenvalue weighted by atomic mass is 32.2. The summed E-state index contributed by atoms with van der Waals surface area (Å²) in [6, 6.07) is 0. The molecule has 0 fully saturated rings. The molecule has 0 aromatic rings. The van der Waals surface area contributed by atoms with Crippen LogP contribution in [-0.2, 0) is 10.8 Å². The highest BCUT2D eigenvalue weighted by Gasteiger charge is 2.08. The van der Waals surface area contributed by atoms with Gasteiger partial charge in [-0.1, -0.05) is 20.3 Å². The van der Waals surface area contributed by atoms with Gasteiger partial charge < -0.3 is 5.73 Å². The molecule has 2 atom stereocenters. The Morgan fingerprint density at radius 3 is 2.64 bits per heavy atom. The second-order valence-electron chi connectivity index (χ2n) is 2.83. The molecule has 3 heteroatoms. The molecule has 2 nitrogen and oxygen atoms in total. The van der Waals surface area contributed by atoms with Crippen molar-refractivity contribution in [3.63, 3.8) is 0 Å². The lowest BCUT2D eigenvalue weighted by molar-refractivity contribution is 0.662. The Morgan fingerprint density at radius 2 is 2.18 bits per heavy atom. The van der Waals surface area contributed by atoms with Gasteiger partial charge in [0.25, 0.3) is 0 Å². The molecule has 68 valence electrons. The Labute approximate surface area is 72.0 Å². The predicted octanol–water partition coefficient (Wildman–Crippen LogP) is 1.27. The van der Waals surface area contributed by atoms with Crippen LogP contribution in [0.3, 0.4) is 0 Å². The summed E-state index contributed by atoms with van der Waals surface area (Å²) in [5.41, 5.74) is 5.36. The summed E-state index contributed by atoms with van der Waals surface area (Å²) in [5, 5.41) is 0.284. The maximum atomic E-state index is 11.3. The van der Waals surface area contributed by atoms with Gasteiger partial charge in [0, 0.05) is 21.8 Å². The molecule has 0 radical (unpaired) electrons. The highest BCUT2D eigenvalue weighted by Crippen LogP contribution is 2.02. The number of hydrogen-bond acceptors (Lipinski definition) is 2. The maximum Gasteiger partial charge on any atom is 0.0331 e. The van der Waals surface area contributed by atoms with Crippen LogP contribution in [0.25, 0.3) is 0 Å². The van der Waals surface area contributed by atoms with Crippen LogP contribution in [0.2, 0.25) is 0 Å². The molecular weight excluding hydrogens is 158 g/mol. The molecule has 0 aromatic heterocycles. The van der Waals surface area contributed by atoms with Crippen molar-refractivity contribution in [2.45, 2.75) is 38.4 Å². The molecule has 0 aliphatic rings. The molecule has 0 bridgehead atoms. The molecule has 2 N–H and O–H groups in total. The van der Waals surface area contributed by atoms with Gasteiger partial charge in [-0.2, -0.15) is 0 Å². The summed E-state index contributed by atoms with van der Waals surface area (Å²) >= 11 is 0. The van der Waals surface area contributed by atoms with Crippen molar-refractivity contribution >= 4 is 10.8 Å². The smallest absolute Gasteiger partial charge is 0.0331 e. The first kappa shape index (κ1) is 11.1. The van der Waals surface area contributed by atoms with Crippen LogP contribution >= 0.6 is 0 Å². The first-order valence-corrected chi connectivity index (χ1v) is 5.67. The molecule has 0 heterocycles. The van der Waals surface area contributed by atoms with Crippen molar-refractivity contribution in [1.29, 1.82) is 0 Å². The largest absolute Gasteiger partial charge is 0.330 e. The van der Waals surface area contributed by atoms with E-state index in [0.717, 1.165) is 25.0 Å². The fraction of sp³-hybridized carbons (Fsp3) is 1.00. The zero-order chi connectivity index (χ0) is 8.69. The van der Waals surface area contributed by atoms with E-state index in [0.29, 0.717) is 6.54 Å². The molecular formula is C8H19NOS. The van der Waals surface area contributed by atoms with Crippen LogP contribution in [-0.4, -0.2) is 21.8 Å². The standard InChI is InChI=1S/C8H19NOS/c1-3-4-7-11(10)8(2)5-6-9/h8H,3-7,9H2,1-2H3. The van der Waals surface area contributed by atoms with Crippen LogP contribution < -0.4 is 5.73 Å². The Balaban J connectivity index is 3.47. The summed E-state index contributed by atoms with van der Waals surface area (Å²) in [6.07, 6.45) is 3.08. The second kappa shape index (κ2) is 6.80. The van der Waals surface area contributed by atoms with Gasteiger partial charge in [-0.3, -0.25) is 4.21 Å². The fourth-order valence-corrected chi connectivity index (χ4v) is 2.23. The molecule has 0 aliphatic heterocycles. The fourth-order valence-electron chi connectivity index (χ4n) is 0.854. The van der Waals surface area contributed by atoms with Crippen molar-refractivity contribution in [2.75, 3.05) is 12.3 Å². The monoisotopic (exact) mass is 177 g/mol. The first-order chi connectivity index (χ1) is 5.22. The number of rotatable bonds is 6. The van der Waals surface area contributed by atoms with Crippen molar-refractivity contribution < 1.29 is 4.21 Å². The lowest BCUT2D eigenvalue weighted by atomic mass is 10.3. The van der Waals surface area contributed by atoms with Crippen LogP contribution in [0.1, 0.15) is 33.1 Å². The number of nitrogens with two attached hydrogens (primary N) is 1. The summed E-state index contributed by atoms with van der Waals surface area (Å²) in [6.45, 7) is 4.78. The van der Waals surface area contributed by atoms with Gasteiger partial charge in [0.1, 0.15) is 0 Å². The molecule has 0 aliphatic carbocycles. The third-order valence-corrected chi connectivity index (χ3v) is 3.55. The zero-order valence-electron chi connectivity index (χ0n) is 7.51. The van der Waals surface area contributed by atoms with E-state index in [4.69, 9.17) is 5.73 Å². The van der Waals surface area contributed by atoms with E-state index in [-0.39, 0.29) is 5.25 Å². The van der Waals surface area contributed by atoms with Crippen LogP contribution in [0.5, 0.6) is 0 Å². The molecule has 2 unspecified atom stereocenters. The van der Waals surface area contributed by atoms with Crippen LogP contribution in [0.4, 0.5) is 0 Å². The Kier molecular flexibility index (Phi) is 6.87. The van der Waals surface area contributed by atoms with E-state index in [1.807, 2.05) is 6.92 Å². The molecule has 0 amide bonds. The lowest BCUT2D eigenvalue weighted by Gasteiger charge is -2.08. The first-order valence-electron chi connectivity index (χ1n) is 4.29. The maximum absolute atomic E-state index is 11.3. The minimum atomic E-state index is -0.645. The zero-order valence-corrected chi connectivity index (χ0v) is 8.32. The van der Waals surface area contributed by atoms with Crippen LogP contribution in [0.15, 0.2) is 0 Å². The third-order valence-electron chi connectivity index (χ3n) is 1.72. The predicted molar refractivity (Wildman–Crippen MR) is 51.1 cm³/mol. The SMILES string of the molecule is CCCCS(=O)C(C)CCN. The van der Waals surface area contributed by atoms with E-state index in [1.165, 1.54) is 0 Å². The normalized spacial score (nSPS) is 16.3. The molecule has 0 saturated carbocycles. The van der Waals surface area contributed by atoms with Crippen molar-refractivity contribution in [3.05, 3.63) is 0 Å². The van der Waals surface area contributed by atoms with Gasteiger partial charge >= 0.3 is 0 Å². The van der Waals surface area contributed by atoms with E-state index in [1.54, 1.807) is 0 Å². The summed E-state index contributed by atoms with van der Waals surface area (Å²) in [5.74, 6) is 0.845. The van der Waals surface area contributed by atoms with Crippen molar-refractivity contribution in [1.82, 2.24) is 0 Å². The quantitative estimate of drug-likeness (QED) is 0.664. The highest BCUT2D eigenvalue weighted by molar-refractivity contribution is 7.85. The van der Waals surface area contributed by atoms with Gasteiger partial charge in [0.2, 0.25) is 0 Å². The van der Waals surface area contributed by atoms with Gasteiger partial charge in [0.05, 0.1) is 0 Å². The van der Waals surface area contributed by atoms with Crippen molar-refractivity contribution in [3.8, 4) is 0 Å². The second-order valence-corrected chi connectivity index (χ2v) is 4.80. The van der Waals surface area contributed by atoms with Gasteiger partial charge in [-0.05, 0) is 19.4 Å². The molecule has 0 saturated heterocycles. The summed E-state index contributed by atoms with van der Waals surface area (Å²) in [7, 11) is -0.645. The average molecular weight is 177 g/mol. The van der Waals surface area contributed by atoms with Gasteiger partial charge in [0.15, 0.2) is 0 Å². The van der Waals surface area contributed by atoms with Gasteiger partial charge in [-0.15, -0.1) is 0 Å². The van der Waals surface area contributed by atoms with Crippen molar-refractivity contribution in [2.24, 2.45) is 5.73 Å². The summed E-state index contributed by atoms with van der Waals surface area (Å²) < 4.78 is 11.3. The molecule has 11 heavy (non-hydrogen) atoms. The van der Waals surface area contributed by atoms with E-state index >= 15 is 0 Å². The molecule has 0 rings (SSSR count). The minimum absolute atomic E-state index is 0.284. The lowest BCUT2D eigenvalue weighted by Crippen LogP contribution is -2.18. The van der Waals surface area contributed by atoms with Crippen LogP contribution in [0, 0.1) is 0 Å². The Bertz CT molecular complexity index is 117. The summed E-state index contributed by atoms with van der Waals surface area (Å²) in [4.78, 5) is 0. The minimum Gasteiger partial charge on any atom is -0.330 e. The average Bonchev–Trinajstić information content (AvgIpc) is 2.00. The number of hydrogen-bond donors (Lipinski definition) is 1. The third kappa shape index (κ3) is 5.39. The molecule has 0 aromatic carbocycles. The van der Waals surface area contributed by atoms with Gasteiger partial charge in [-0.25, -0.2) is 0 Å².